The molecule has 3 heterocycles. The molecule has 0 saturated heterocycles. The summed E-state index contributed by atoms with van der Waals surface area (Å²) in [7, 11) is 0. The lowest BCUT2D eigenvalue weighted by Gasteiger charge is -2.19. The van der Waals surface area contributed by atoms with Crippen molar-refractivity contribution >= 4 is 46.0 Å². The number of fused-ring (bicyclic) bond motifs is 1. The summed E-state index contributed by atoms with van der Waals surface area (Å²) in [5.74, 6) is 0.622. The van der Waals surface area contributed by atoms with Gasteiger partial charge in [-0.3, -0.25) is 14.5 Å². The van der Waals surface area contributed by atoms with Crippen molar-refractivity contribution in [1.29, 1.82) is 0 Å². The predicted octanol–water partition coefficient (Wildman–Crippen LogP) is 4.61. The lowest BCUT2D eigenvalue weighted by molar-refractivity contribution is -0.136. The fourth-order valence-electron chi connectivity index (χ4n) is 3.70. The minimum atomic E-state index is -0.345. The van der Waals surface area contributed by atoms with Crippen LogP contribution in [-0.4, -0.2) is 36.5 Å². The topological polar surface area (TPSA) is 67.9 Å². The van der Waals surface area contributed by atoms with Crippen molar-refractivity contribution in [3.05, 3.63) is 81.1 Å². The second-order valence-corrected chi connectivity index (χ2v) is 8.73. The Morgan fingerprint density at radius 3 is 2.50 bits per heavy atom. The van der Waals surface area contributed by atoms with Crippen LogP contribution >= 0.6 is 22.9 Å². The zero-order valence-corrected chi connectivity index (χ0v) is 18.5. The van der Waals surface area contributed by atoms with Gasteiger partial charge < -0.3 is 14.8 Å². The molecule has 2 aliphatic rings. The highest BCUT2D eigenvalue weighted by atomic mass is 35.5. The summed E-state index contributed by atoms with van der Waals surface area (Å²) in [5, 5.41) is 5.70. The molecule has 5 rings (SSSR count). The third kappa shape index (κ3) is 3.97. The number of thiophene rings is 1. The van der Waals surface area contributed by atoms with Crippen molar-refractivity contribution in [3.8, 4) is 11.5 Å². The Labute approximate surface area is 194 Å². The third-order valence-electron chi connectivity index (χ3n) is 5.28. The van der Waals surface area contributed by atoms with E-state index in [-0.39, 0.29) is 24.1 Å². The Morgan fingerprint density at radius 1 is 0.969 bits per heavy atom. The first-order valence-corrected chi connectivity index (χ1v) is 11.4. The molecule has 32 heavy (non-hydrogen) atoms. The van der Waals surface area contributed by atoms with Crippen molar-refractivity contribution in [2.75, 3.05) is 25.1 Å². The molecule has 0 saturated carbocycles. The van der Waals surface area contributed by atoms with Crippen LogP contribution in [0.5, 0.6) is 11.5 Å². The van der Waals surface area contributed by atoms with Crippen LogP contribution in [-0.2, 0) is 16.0 Å². The van der Waals surface area contributed by atoms with E-state index in [1.54, 1.807) is 30.3 Å². The molecule has 0 bridgehead atoms. The Hall–Kier alpha value is -3.29. The van der Waals surface area contributed by atoms with E-state index in [2.05, 4.69) is 5.32 Å². The van der Waals surface area contributed by atoms with Gasteiger partial charge in [0.2, 0.25) is 0 Å². The van der Waals surface area contributed by atoms with Crippen LogP contribution in [0.15, 0.2) is 65.7 Å². The maximum Gasteiger partial charge on any atom is 0.278 e. The Balaban J connectivity index is 1.42. The summed E-state index contributed by atoms with van der Waals surface area (Å²) < 4.78 is 11.2. The standard InChI is InChI=1S/C24H19ClN2O4S/c25-16-5-3-15(4-6-16)9-10-27-23(28)21(20-2-1-13-32-20)22(24(27)29)26-17-7-8-18-19(14-17)31-12-11-30-18/h1-8,13-14,26H,9-12H2. The molecular formula is C24H19ClN2O4S. The zero-order chi connectivity index (χ0) is 22.1. The molecule has 0 unspecified atom stereocenters. The fraction of sp³-hybridized carbons (Fsp3) is 0.167. The minimum absolute atomic E-state index is 0.269. The summed E-state index contributed by atoms with van der Waals surface area (Å²) in [5.41, 5.74) is 2.31. The highest BCUT2D eigenvalue weighted by molar-refractivity contribution is 7.11. The van der Waals surface area contributed by atoms with Gasteiger partial charge in [-0.05, 0) is 47.7 Å². The predicted molar refractivity (Wildman–Crippen MR) is 124 cm³/mol. The summed E-state index contributed by atoms with van der Waals surface area (Å²) in [6.07, 6.45) is 0.545. The lowest BCUT2D eigenvalue weighted by Crippen LogP contribution is -2.34. The Morgan fingerprint density at radius 2 is 1.75 bits per heavy atom. The number of nitrogens with one attached hydrogen (secondary N) is 1. The third-order valence-corrected chi connectivity index (χ3v) is 6.42. The first kappa shape index (κ1) is 20.6. The van der Waals surface area contributed by atoms with Gasteiger partial charge in [-0.15, -0.1) is 11.3 Å². The van der Waals surface area contributed by atoms with Crippen molar-refractivity contribution in [3.63, 3.8) is 0 Å². The molecule has 1 aromatic heterocycles. The number of amides is 2. The van der Waals surface area contributed by atoms with Crippen molar-refractivity contribution in [2.45, 2.75) is 6.42 Å². The van der Waals surface area contributed by atoms with Crippen LogP contribution in [0.3, 0.4) is 0 Å². The summed E-state index contributed by atoms with van der Waals surface area (Å²) in [6.45, 7) is 1.25. The maximum absolute atomic E-state index is 13.3. The number of halogens is 1. The van der Waals surface area contributed by atoms with Gasteiger partial charge in [0.25, 0.3) is 11.8 Å². The molecule has 3 aromatic rings. The molecule has 0 fully saturated rings. The summed E-state index contributed by atoms with van der Waals surface area (Å²) in [6, 6.07) is 16.5. The monoisotopic (exact) mass is 466 g/mol. The first-order chi connectivity index (χ1) is 15.6. The summed E-state index contributed by atoms with van der Waals surface area (Å²) in [4.78, 5) is 28.6. The fourth-order valence-corrected chi connectivity index (χ4v) is 4.60. The molecule has 0 radical (unpaired) electrons. The molecule has 8 heteroatoms. The number of nitrogens with zero attached hydrogens (tertiary/aromatic N) is 1. The molecule has 0 atom stereocenters. The molecule has 1 N–H and O–H groups in total. The highest BCUT2D eigenvalue weighted by Crippen LogP contribution is 2.36. The van der Waals surface area contributed by atoms with Gasteiger partial charge in [-0.25, -0.2) is 0 Å². The SMILES string of the molecule is O=C1C(Nc2ccc3c(c2)OCCO3)=C(c2cccs2)C(=O)N1CCc1ccc(Cl)cc1. The second kappa shape index (κ2) is 8.68. The van der Waals surface area contributed by atoms with Gasteiger partial charge in [-0.2, -0.15) is 0 Å². The van der Waals surface area contributed by atoms with E-state index in [0.717, 1.165) is 10.4 Å². The highest BCUT2D eigenvalue weighted by Gasteiger charge is 2.39. The molecule has 0 spiro atoms. The number of benzene rings is 2. The van der Waals surface area contributed by atoms with Gasteiger partial charge >= 0.3 is 0 Å². The van der Waals surface area contributed by atoms with Crippen LogP contribution < -0.4 is 14.8 Å². The molecule has 2 aliphatic heterocycles. The van der Waals surface area contributed by atoms with Crippen LogP contribution in [0.1, 0.15) is 10.4 Å². The van der Waals surface area contributed by atoms with E-state index in [9.17, 15) is 9.59 Å². The van der Waals surface area contributed by atoms with Crippen LogP contribution in [0.25, 0.3) is 5.57 Å². The number of rotatable bonds is 6. The number of carbonyl (C=O) groups is 2. The van der Waals surface area contributed by atoms with E-state index in [4.69, 9.17) is 21.1 Å². The number of anilines is 1. The normalized spacial score (nSPS) is 15.5. The van der Waals surface area contributed by atoms with Gasteiger partial charge in [-0.1, -0.05) is 29.8 Å². The van der Waals surface area contributed by atoms with Crippen molar-refractivity contribution in [1.82, 2.24) is 4.90 Å². The van der Waals surface area contributed by atoms with Gasteiger partial charge in [0.1, 0.15) is 18.9 Å². The van der Waals surface area contributed by atoms with E-state index in [1.165, 1.54) is 16.2 Å². The first-order valence-electron chi connectivity index (χ1n) is 10.2. The molecule has 0 aliphatic carbocycles. The van der Waals surface area contributed by atoms with Crippen LogP contribution in [0, 0.1) is 0 Å². The zero-order valence-electron chi connectivity index (χ0n) is 17.0. The average molecular weight is 467 g/mol. The number of ether oxygens (including phenoxy) is 2. The molecule has 2 aromatic carbocycles. The van der Waals surface area contributed by atoms with Crippen LogP contribution in [0.2, 0.25) is 5.02 Å². The Bertz CT molecular complexity index is 1210. The van der Waals surface area contributed by atoms with E-state index in [1.807, 2.05) is 29.6 Å². The van der Waals surface area contributed by atoms with E-state index in [0.29, 0.717) is 47.4 Å². The van der Waals surface area contributed by atoms with Crippen molar-refractivity contribution in [2.24, 2.45) is 0 Å². The van der Waals surface area contributed by atoms with Gasteiger partial charge in [0.15, 0.2) is 11.5 Å². The molecule has 162 valence electrons. The Kier molecular flexibility index (Phi) is 5.59. The van der Waals surface area contributed by atoms with E-state index >= 15 is 0 Å². The summed E-state index contributed by atoms with van der Waals surface area (Å²) >= 11 is 7.38. The molecular weight excluding hydrogens is 448 g/mol. The number of carbonyl (C=O) groups excluding carboxylic acids is 2. The second-order valence-electron chi connectivity index (χ2n) is 7.35. The van der Waals surface area contributed by atoms with E-state index < -0.39 is 0 Å². The minimum Gasteiger partial charge on any atom is -0.486 e. The largest absolute Gasteiger partial charge is 0.486 e. The maximum atomic E-state index is 13.3. The number of hydrogen-bond acceptors (Lipinski definition) is 6. The van der Waals surface area contributed by atoms with Crippen LogP contribution in [0.4, 0.5) is 5.69 Å². The van der Waals surface area contributed by atoms with Gasteiger partial charge in [0.05, 0.1) is 5.57 Å². The quantitative estimate of drug-likeness (QED) is 0.537. The van der Waals surface area contributed by atoms with Gasteiger partial charge in [0, 0.05) is 28.2 Å². The number of imide groups is 1. The molecule has 2 amide bonds. The lowest BCUT2D eigenvalue weighted by atomic mass is 10.1. The van der Waals surface area contributed by atoms with Crippen molar-refractivity contribution < 1.29 is 19.1 Å². The molecule has 6 nitrogen and oxygen atoms in total. The smallest absolute Gasteiger partial charge is 0.278 e. The average Bonchev–Trinajstić information content (AvgIpc) is 3.41. The number of hydrogen-bond donors (Lipinski definition) is 1.